The van der Waals surface area contributed by atoms with E-state index in [2.05, 4.69) is 29.8 Å². The minimum atomic E-state index is 0.240. The highest BCUT2D eigenvalue weighted by molar-refractivity contribution is 9.09. The Morgan fingerprint density at radius 2 is 2.08 bits per heavy atom. The quantitative estimate of drug-likeness (QED) is 0.644. The SMILES string of the molecule is CC1(C)CCC12CCCC(CBr)O2. The normalized spacial score (nSPS) is 43.2. The van der Waals surface area contributed by atoms with E-state index >= 15 is 0 Å². The Kier molecular flexibility index (Phi) is 2.48. The van der Waals surface area contributed by atoms with Crippen LogP contribution in [0.15, 0.2) is 0 Å². The highest BCUT2D eigenvalue weighted by atomic mass is 79.9. The molecule has 0 aromatic rings. The number of ether oxygens (including phenoxy) is 1. The van der Waals surface area contributed by atoms with Gasteiger partial charge in [0.15, 0.2) is 0 Å². The van der Waals surface area contributed by atoms with Crippen molar-refractivity contribution in [2.24, 2.45) is 5.41 Å². The number of rotatable bonds is 1. The molecule has 76 valence electrons. The molecule has 2 atom stereocenters. The van der Waals surface area contributed by atoms with E-state index in [9.17, 15) is 0 Å². The minimum Gasteiger partial charge on any atom is -0.370 e. The highest BCUT2D eigenvalue weighted by Gasteiger charge is 2.55. The monoisotopic (exact) mass is 246 g/mol. The average Bonchev–Trinajstić information content (AvgIpc) is 2.16. The van der Waals surface area contributed by atoms with Crippen LogP contribution in [0.4, 0.5) is 0 Å². The van der Waals surface area contributed by atoms with E-state index in [1.165, 1.54) is 32.1 Å². The molecule has 2 aliphatic rings. The van der Waals surface area contributed by atoms with Gasteiger partial charge in [-0.05, 0) is 37.5 Å². The van der Waals surface area contributed by atoms with Gasteiger partial charge in [0.1, 0.15) is 0 Å². The molecule has 1 nitrogen and oxygen atoms in total. The summed E-state index contributed by atoms with van der Waals surface area (Å²) in [6, 6.07) is 0. The highest BCUT2D eigenvalue weighted by Crippen LogP contribution is 2.56. The van der Waals surface area contributed by atoms with Crippen LogP contribution in [0.5, 0.6) is 0 Å². The van der Waals surface area contributed by atoms with Crippen molar-refractivity contribution in [1.82, 2.24) is 0 Å². The lowest BCUT2D eigenvalue weighted by molar-refractivity contribution is -0.233. The van der Waals surface area contributed by atoms with Crippen LogP contribution in [0.25, 0.3) is 0 Å². The molecule has 1 saturated heterocycles. The molecule has 2 heteroatoms. The molecule has 0 radical (unpaired) electrons. The molecular weight excluding hydrogens is 228 g/mol. The average molecular weight is 247 g/mol. The summed E-state index contributed by atoms with van der Waals surface area (Å²) >= 11 is 3.53. The molecule has 1 spiro atoms. The van der Waals surface area contributed by atoms with Crippen LogP contribution in [-0.4, -0.2) is 17.0 Å². The first kappa shape index (κ1) is 9.97. The molecule has 13 heavy (non-hydrogen) atoms. The maximum absolute atomic E-state index is 6.23. The summed E-state index contributed by atoms with van der Waals surface area (Å²) in [6.45, 7) is 4.71. The minimum absolute atomic E-state index is 0.240. The Hall–Kier alpha value is 0.440. The van der Waals surface area contributed by atoms with Crippen molar-refractivity contribution < 1.29 is 4.74 Å². The Bertz CT molecular complexity index is 202. The first-order valence-electron chi connectivity index (χ1n) is 5.33. The van der Waals surface area contributed by atoms with Crippen molar-refractivity contribution in [2.45, 2.75) is 57.7 Å². The number of halogens is 1. The topological polar surface area (TPSA) is 9.23 Å². The largest absolute Gasteiger partial charge is 0.370 e. The van der Waals surface area contributed by atoms with E-state index < -0.39 is 0 Å². The zero-order valence-corrected chi connectivity index (χ0v) is 10.2. The molecule has 1 aliphatic carbocycles. The first-order valence-corrected chi connectivity index (χ1v) is 6.46. The van der Waals surface area contributed by atoms with Gasteiger partial charge >= 0.3 is 0 Å². The van der Waals surface area contributed by atoms with E-state index in [-0.39, 0.29) is 5.60 Å². The molecular formula is C11H19BrO. The van der Waals surface area contributed by atoms with Gasteiger partial charge < -0.3 is 4.74 Å². The van der Waals surface area contributed by atoms with Gasteiger partial charge in [-0.15, -0.1) is 0 Å². The zero-order chi connectivity index (χ0) is 9.53. The Morgan fingerprint density at radius 3 is 2.54 bits per heavy atom. The van der Waals surface area contributed by atoms with Crippen LogP contribution in [0.3, 0.4) is 0 Å². The molecule has 2 fully saturated rings. The molecule has 1 saturated carbocycles. The molecule has 0 aromatic heterocycles. The van der Waals surface area contributed by atoms with E-state index in [0.29, 0.717) is 11.5 Å². The van der Waals surface area contributed by atoms with Gasteiger partial charge in [0.2, 0.25) is 0 Å². The van der Waals surface area contributed by atoms with Crippen LogP contribution >= 0.6 is 15.9 Å². The summed E-state index contributed by atoms with van der Waals surface area (Å²) in [5.41, 5.74) is 0.664. The maximum atomic E-state index is 6.23. The van der Waals surface area contributed by atoms with Crippen molar-refractivity contribution in [1.29, 1.82) is 0 Å². The molecule has 2 rings (SSSR count). The van der Waals surface area contributed by atoms with Gasteiger partial charge in [0.25, 0.3) is 0 Å². The summed E-state index contributed by atoms with van der Waals surface area (Å²) in [6.07, 6.45) is 6.95. The number of alkyl halides is 1. The summed E-state index contributed by atoms with van der Waals surface area (Å²) in [5, 5.41) is 1.00. The predicted octanol–water partition coefficient (Wildman–Crippen LogP) is 3.51. The van der Waals surface area contributed by atoms with Crippen molar-refractivity contribution >= 4 is 15.9 Å². The van der Waals surface area contributed by atoms with Gasteiger partial charge in [-0.1, -0.05) is 29.8 Å². The summed E-state index contributed by atoms with van der Waals surface area (Å²) < 4.78 is 6.23. The van der Waals surface area contributed by atoms with Crippen molar-refractivity contribution in [3.63, 3.8) is 0 Å². The molecule has 0 bridgehead atoms. The van der Waals surface area contributed by atoms with Crippen LogP contribution < -0.4 is 0 Å². The van der Waals surface area contributed by atoms with Gasteiger partial charge in [-0.3, -0.25) is 0 Å². The molecule has 2 unspecified atom stereocenters. The molecule has 1 aliphatic heterocycles. The Labute approximate surface area is 89.4 Å². The molecule has 0 aromatic carbocycles. The number of hydrogen-bond donors (Lipinski definition) is 0. The lowest BCUT2D eigenvalue weighted by atomic mass is 9.56. The van der Waals surface area contributed by atoms with Crippen molar-refractivity contribution in [3.8, 4) is 0 Å². The fourth-order valence-corrected chi connectivity index (χ4v) is 3.20. The summed E-state index contributed by atoms with van der Waals surface area (Å²) in [7, 11) is 0. The summed E-state index contributed by atoms with van der Waals surface area (Å²) in [4.78, 5) is 0. The van der Waals surface area contributed by atoms with E-state index in [0.717, 1.165) is 5.33 Å². The fourth-order valence-electron chi connectivity index (χ4n) is 2.75. The van der Waals surface area contributed by atoms with E-state index in [4.69, 9.17) is 4.74 Å². The second-order valence-corrected chi connectivity index (χ2v) is 5.81. The van der Waals surface area contributed by atoms with Crippen molar-refractivity contribution in [2.75, 3.05) is 5.33 Å². The van der Waals surface area contributed by atoms with E-state index in [1.54, 1.807) is 0 Å². The van der Waals surface area contributed by atoms with Crippen LogP contribution in [0, 0.1) is 5.41 Å². The van der Waals surface area contributed by atoms with Crippen LogP contribution in [0.1, 0.15) is 46.0 Å². The van der Waals surface area contributed by atoms with Gasteiger partial charge in [-0.2, -0.15) is 0 Å². The van der Waals surface area contributed by atoms with Gasteiger partial charge in [-0.25, -0.2) is 0 Å². The van der Waals surface area contributed by atoms with Gasteiger partial charge in [0.05, 0.1) is 11.7 Å². The smallest absolute Gasteiger partial charge is 0.0737 e. The zero-order valence-electron chi connectivity index (χ0n) is 8.61. The van der Waals surface area contributed by atoms with Crippen molar-refractivity contribution in [3.05, 3.63) is 0 Å². The third-order valence-electron chi connectivity index (χ3n) is 4.06. The Morgan fingerprint density at radius 1 is 1.31 bits per heavy atom. The lowest BCUT2D eigenvalue weighted by Gasteiger charge is -2.59. The second kappa shape index (κ2) is 3.23. The van der Waals surface area contributed by atoms with E-state index in [1.807, 2.05) is 0 Å². The number of hydrogen-bond acceptors (Lipinski definition) is 1. The van der Waals surface area contributed by atoms with Crippen LogP contribution in [-0.2, 0) is 4.74 Å². The standard InChI is InChI=1S/C11H19BrO/c1-10(2)6-7-11(10)5-3-4-9(8-12)13-11/h9H,3-8H2,1-2H3. The third kappa shape index (κ3) is 1.46. The maximum Gasteiger partial charge on any atom is 0.0737 e. The first-order chi connectivity index (χ1) is 6.10. The van der Waals surface area contributed by atoms with Gasteiger partial charge in [0, 0.05) is 5.33 Å². The fraction of sp³-hybridized carbons (Fsp3) is 1.00. The molecule has 0 N–H and O–H groups in total. The van der Waals surface area contributed by atoms with Crippen LogP contribution in [0.2, 0.25) is 0 Å². The summed E-state index contributed by atoms with van der Waals surface area (Å²) in [5.74, 6) is 0. The Balaban J connectivity index is 2.06. The molecule has 1 heterocycles. The molecule has 0 amide bonds. The third-order valence-corrected chi connectivity index (χ3v) is 4.78. The predicted molar refractivity (Wildman–Crippen MR) is 58.3 cm³/mol. The second-order valence-electron chi connectivity index (χ2n) is 5.16. The lowest BCUT2D eigenvalue weighted by Crippen LogP contribution is -2.59.